The Morgan fingerprint density at radius 1 is 0.765 bits per heavy atom. The number of aliphatic hydroxyl groups excluding tert-OH is 1. The molecule has 0 heterocycles. The van der Waals surface area contributed by atoms with E-state index in [1.807, 2.05) is 54.5 Å². The zero-order valence-electron chi connectivity index (χ0n) is 51.6. The number of carbonyl (C=O) groups excluding carboxylic acids is 8. The lowest BCUT2D eigenvalue weighted by atomic mass is 9.93. The molecule has 0 aliphatic rings. The minimum Gasteiger partial charge on any atom is -0.450 e. The molecule has 7 atom stereocenters. The summed E-state index contributed by atoms with van der Waals surface area (Å²) in [5.74, 6) is -3.83. The number of likely N-dealkylation sites (N-methyl/N-ethyl adjacent to an activating group) is 2. The van der Waals surface area contributed by atoms with Gasteiger partial charge >= 0.3 is 18.0 Å². The fourth-order valence-electron chi connectivity index (χ4n) is 8.13. The van der Waals surface area contributed by atoms with Crippen LogP contribution in [-0.2, 0) is 63.7 Å². The standard InChI is InChI=1S/C60H101N5O15Si/c1-16-42(5)54(47(10)66)63-52(67)40-64(11)58(72)50(65(12)57(71)46(9)62-56(70)51(38-41(3)4)80-59(73)45(8)23-20-22-44(7)55(69)43(6)17-2)39-48-25-27-49(28-26-48)79-53(68)24-18-19-30-75-32-34-77-35-33-76-31-21-29-61-60(74)78-36-37-81(13,14)15/h17,23,25-28,41-42,44,46,50-51,54-55,69H,16,18-22,24,29-40H2,1-15H3,(H,61,74)(H,62,70)(H,63,67)/b43-17+,45-23+/t42?,44-,46-,50+,51+,54-,55+/m0/s1. The molecule has 0 radical (unpaired) electrons. The second-order valence-corrected chi connectivity index (χ2v) is 28.3. The van der Waals surface area contributed by atoms with Gasteiger partial charge in [0.15, 0.2) is 11.9 Å². The molecule has 4 N–H and O–H groups in total. The number of carbonyl (C=O) groups is 8. The molecule has 1 aromatic carbocycles. The number of benzene rings is 1. The molecule has 0 fully saturated rings. The van der Waals surface area contributed by atoms with E-state index in [4.69, 9.17) is 28.4 Å². The number of amides is 5. The van der Waals surface area contributed by atoms with Crippen molar-refractivity contribution in [2.75, 3.05) is 73.4 Å². The van der Waals surface area contributed by atoms with Gasteiger partial charge in [-0.2, -0.15) is 0 Å². The number of ketones is 1. The van der Waals surface area contributed by atoms with Crippen LogP contribution in [0.5, 0.6) is 5.75 Å². The molecule has 0 saturated heterocycles. The van der Waals surface area contributed by atoms with Gasteiger partial charge in [0.2, 0.25) is 17.7 Å². The highest BCUT2D eigenvalue weighted by atomic mass is 28.3. The number of rotatable bonds is 41. The van der Waals surface area contributed by atoms with E-state index in [-0.39, 0.29) is 48.5 Å². The molecule has 0 spiro atoms. The van der Waals surface area contributed by atoms with Crippen LogP contribution in [-0.4, -0.2) is 174 Å². The van der Waals surface area contributed by atoms with Crippen molar-refractivity contribution >= 4 is 55.5 Å². The molecule has 21 heteroatoms. The molecule has 81 heavy (non-hydrogen) atoms. The lowest BCUT2D eigenvalue weighted by Gasteiger charge is -2.33. The molecular formula is C60H101N5O15Si. The number of Topliss-reactive ketones (excluding diaryl/α,β-unsaturated/α-hetero) is 1. The van der Waals surface area contributed by atoms with Crippen LogP contribution >= 0.6 is 0 Å². The first-order valence-electron chi connectivity index (χ1n) is 28.9. The highest BCUT2D eigenvalue weighted by Gasteiger charge is 2.35. The Balaban J connectivity index is 2.91. The van der Waals surface area contributed by atoms with Crippen LogP contribution < -0.4 is 20.7 Å². The molecule has 0 aromatic heterocycles. The van der Waals surface area contributed by atoms with Crippen molar-refractivity contribution in [2.45, 2.75) is 183 Å². The summed E-state index contributed by atoms with van der Waals surface area (Å²) in [6.45, 7) is 27.3. The molecule has 0 bridgehead atoms. The topological polar surface area (TPSA) is 255 Å². The second kappa shape index (κ2) is 39.9. The molecular weight excluding hydrogens is 1060 g/mol. The number of nitrogens with zero attached hydrogens (tertiary/aromatic N) is 2. The van der Waals surface area contributed by atoms with Crippen molar-refractivity contribution in [3.05, 3.63) is 53.1 Å². The average molecular weight is 1160 g/mol. The Morgan fingerprint density at radius 2 is 1.37 bits per heavy atom. The van der Waals surface area contributed by atoms with Gasteiger partial charge in [-0.25, -0.2) is 9.59 Å². The van der Waals surface area contributed by atoms with E-state index in [2.05, 4.69) is 35.6 Å². The molecule has 0 aliphatic carbocycles. The van der Waals surface area contributed by atoms with Crippen LogP contribution in [0.2, 0.25) is 25.7 Å². The Morgan fingerprint density at radius 3 is 1.94 bits per heavy atom. The summed E-state index contributed by atoms with van der Waals surface area (Å²) < 4.78 is 33.2. The molecule has 1 rings (SSSR count). The first-order chi connectivity index (χ1) is 38.1. The summed E-state index contributed by atoms with van der Waals surface area (Å²) >= 11 is 0. The number of hydrogen-bond donors (Lipinski definition) is 4. The predicted molar refractivity (Wildman–Crippen MR) is 315 cm³/mol. The summed E-state index contributed by atoms with van der Waals surface area (Å²) in [4.78, 5) is 108. The van der Waals surface area contributed by atoms with Crippen molar-refractivity contribution in [1.82, 2.24) is 25.8 Å². The van der Waals surface area contributed by atoms with Crippen molar-refractivity contribution in [3.63, 3.8) is 0 Å². The van der Waals surface area contributed by atoms with Gasteiger partial charge in [-0.05, 0) is 120 Å². The fourth-order valence-corrected chi connectivity index (χ4v) is 8.84. The number of hydrogen-bond acceptors (Lipinski definition) is 15. The molecule has 0 aliphatic heterocycles. The number of alkyl carbamates (subject to hydrolysis) is 1. The predicted octanol–water partition coefficient (Wildman–Crippen LogP) is 7.37. The third-order valence-electron chi connectivity index (χ3n) is 13.7. The first kappa shape index (κ1) is 73.5. The van der Waals surface area contributed by atoms with E-state index in [0.717, 1.165) is 11.6 Å². The average Bonchev–Trinajstić information content (AvgIpc) is 3.41. The minimum atomic E-state index is -1.25. The number of nitrogens with one attached hydrogen (secondary N) is 3. The fraction of sp³-hybridized carbons (Fsp3) is 0.700. The Kier molecular flexibility index (Phi) is 36.2. The third kappa shape index (κ3) is 31.5. The van der Waals surface area contributed by atoms with Crippen molar-refractivity contribution in [1.29, 1.82) is 0 Å². The number of ether oxygens (including phenoxy) is 6. The molecule has 5 amide bonds. The molecule has 20 nitrogen and oxygen atoms in total. The zero-order valence-corrected chi connectivity index (χ0v) is 52.6. The molecule has 1 unspecified atom stereocenters. The van der Waals surface area contributed by atoms with Crippen molar-refractivity contribution in [3.8, 4) is 5.75 Å². The van der Waals surface area contributed by atoms with E-state index in [1.54, 1.807) is 37.3 Å². The maximum Gasteiger partial charge on any atom is 0.407 e. The third-order valence-corrected chi connectivity index (χ3v) is 15.4. The van der Waals surface area contributed by atoms with Gasteiger partial charge < -0.3 is 59.3 Å². The summed E-state index contributed by atoms with van der Waals surface area (Å²) in [5, 5.41) is 18.7. The smallest absolute Gasteiger partial charge is 0.407 e. The maximum absolute atomic E-state index is 14.3. The summed E-state index contributed by atoms with van der Waals surface area (Å²) in [6, 6.07) is 4.28. The number of esters is 2. The lowest BCUT2D eigenvalue weighted by Crippen LogP contribution is -2.56. The molecule has 0 saturated carbocycles. The zero-order chi connectivity index (χ0) is 61.2. The SMILES string of the molecule is C/C=C(\C)[C@@H](O)[C@@H](C)CC/C=C(\C)C(=O)O[C@H](CC(C)C)C(=O)N[C@@H](C)C(=O)N(C)[C@H](Cc1ccc(OC(=O)CCCCOCCOCCOCCCNC(=O)OCC[Si](C)(C)C)cc1)C(=O)N(C)CC(=O)N[C@H](C(C)=O)C(C)CC. The van der Waals surface area contributed by atoms with E-state index in [1.165, 1.54) is 37.7 Å². The van der Waals surface area contributed by atoms with Crippen LogP contribution in [0.3, 0.4) is 0 Å². The number of unbranched alkanes of at least 4 members (excludes halogenated alkanes) is 1. The summed E-state index contributed by atoms with van der Waals surface area (Å²) in [6.07, 6.45) is 5.19. The van der Waals surface area contributed by atoms with Crippen LogP contribution in [0, 0.1) is 17.8 Å². The largest absolute Gasteiger partial charge is 0.450 e. The highest BCUT2D eigenvalue weighted by molar-refractivity contribution is 6.76. The van der Waals surface area contributed by atoms with E-state index in [0.29, 0.717) is 102 Å². The quantitative estimate of drug-likeness (QED) is 0.0125. The van der Waals surface area contributed by atoms with Gasteiger partial charge in [0, 0.05) is 60.3 Å². The van der Waals surface area contributed by atoms with E-state index < -0.39 is 86.6 Å². The lowest BCUT2D eigenvalue weighted by molar-refractivity contribution is -0.154. The minimum absolute atomic E-state index is 0.0345. The monoisotopic (exact) mass is 1160 g/mol. The van der Waals surface area contributed by atoms with Gasteiger partial charge in [-0.1, -0.05) is 85.0 Å². The molecule has 1 aromatic rings. The first-order valence-corrected chi connectivity index (χ1v) is 32.6. The second-order valence-electron chi connectivity index (χ2n) is 22.7. The Labute approximate surface area is 484 Å². The summed E-state index contributed by atoms with van der Waals surface area (Å²) in [5.41, 5.74) is 1.75. The number of aliphatic hydroxyl groups is 1. The summed E-state index contributed by atoms with van der Waals surface area (Å²) in [7, 11) is 1.59. The van der Waals surface area contributed by atoms with Crippen LogP contribution in [0.15, 0.2) is 47.6 Å². The van der Waals surface area contributed by atoms with Gasteiger partial charge in [0.05, 0.1) is 51.7 Å². The normalized spacial score (nSPS) is 14.6. The van der Waals surface area contributed by atoms with Crippen LogP contribution in [0.4, 0.5) is 4.79 Å². The highest BCUT2D eigenvalue weighted by Crippen LogP contribution is 2.21. The van der Waals surface area contributed by atoms with Gasteiger partial charge in [-0.15, -0.1) is 0 Å². The van der Waals surface area contributed by atoms with Crippen molar-refractivity contribution < 1.29 is 71.9 Å². The van der Waals surface area contributed by atoms with E-state index >= 15 is 0 Å². The van der Waals surface area contributed by atoms with Gasteiger partial charge in [0.25, 0.3) is 5.91 Å². The number of allylic oxidation sites excluding steroid dienone is 2. The Bertz CT molecular complexity index is 2160. The van der Waals surface area contributed by atoms with Crippen LogP contribution in [0.25, 0.3) is 0 Å². The maximum atomic E-state index is 14.3. The van der Waals surface area contributed by atoms with E-state index in [9.17, 15) is 43.5 Å². The van der Waals surface area contributed by atoms with Crippen molar-refractivity contribution in [2.24, 2.45) is 17.8 Å². The van der Waals surface area contributed by atoms with Gasteiger partial charge in [-0.3, -0.25) is 28.8 Å². The van der Waals surface area contributed by atoms with Gasteiger partial charge in [0.1, 0.15) is 17.8 Å². The Hall–Kier alpha value is -5.48. The van der Waals surface area contributed by atoms with Crippen LogP contribution in [0.1, 0.15) is 126 Å². The molecule has 460 valence electrons.